The summed E-state index contributed by atoms with van der Waals surface area (Å²) in [5.74, 6) is 0.621. The summed E-state index contributed by atoms with van der Waals surface area (Å²) in [4.78, 5) is 15.7. The monoisotopic (exact) mass is 284 g/mol. The van der Waals surface area contributed by atoms with E-state index in [0.29, 0.717) is 12.3 Å². The van der Waals surface area contributed by atoms with Crippen LogP contribution in [0.3, 0.4) is 0 Å². The van der Waals surface area contributed by atoms with Crippen molar-refractivity contribution in [2.45, 2.75) is 6.54 Å². The van der Waals surface area contributed by atoms with E-state index >= 15 is 0 Å². The standard InChI is InChI=1S/C17H20N2O2/c1-18(2)15-8-6-14(7-9-15)13-19(3)17(20)11-10-16-5-4-12-21-16/h4-12H,13H2,1-3H3/b11-10+. The minimum atomic E-state index is -0.0527. The van der Waals surface area contributed by atoms with Gasteiger partial charge in [-0.15, -0.1) is 0 Å². The summed E-state index contributed by atoms with van der Waals surface area (Å²) in [6.07, 6.45) is 4.78. The molecule has 0 spiro atoms. The minimum absolute atomic E-state index is 0.0527. The zero-order valence-corrected chi connectivity index (χ0v) is 12.6. The summed E-state index contributed by atoms with van der Waals surface area (Å²) < 4.78 is 5.16. The van der Waals surface area contributed by atoms with Crippen molar-refractivity contribution in [2.24, 2.45) is 0 Å². The molecule has 0 aliphatic rings. The van der Waals surface area contributed by atoms with Crippen molar-refractivity contribution in [2.75, 3.05) is 26.0 Å². The van der Waals surface area contributed by atoms with Crippen LogP contribution in [0.2, 0.25) is 0 Å². The van der Waals surface area contributed by atoms with Crippen LogP contribution in [0.1, 0.15) is 11.3 Å². The summed E-state index contributed by atoms with van der Waals surface area (Å²) in [5.41, 5.74) is 2.24. The Morgan fingerprint density at radius 2 is 1.86 bits per heavy atom. The van der Waals surface area contributed by atoms with Crippen molar-refractivity contribution in [3.05, 3.63) is 60.1 Å². The predicted molar refractivity (Wildman–Crippen MR) is 85.0 cm³/mol. The molecule has 110 valence electrons. The van der Waals surface area contributed by atoms with Gasteiger partial charge in [0.25, 0.3) is 0 Å². The van der Waals surface area contributed by atoms with Gasteiger partial charge in [0, 0.05) is 39.5 Å². The first-order valence-corrected chi connectivity index (χ1v) is 6.79. The molecule has 2 rings (SSSR count). The number of hydrogen-bond acceptors (Lipinski definition) is 3. The molecule has 1 aromatic heterocycles. The van der Waals surface area contributed by atoms with Gasteiger partial charge in [-0.3, -0.25) is 4.79 Å². The maximum absolute atomic E-state index is 12.0. The maximum atomic E-state index is 12.0. The molecule has 4 nitrogen and oxygen atoms in total. The Bertz CT molecular complexity index is 598. The van der Waals surface area contributed by atoms with E-state index in [9.17, 15) is 4.79 Å². The number of carbonyl (C=O) groups excluding carboxylic acids is 1. The Kier molecular flexibility index (Phi) is 4.82. The zero-order chi connectivity index (χ0) is 15.2. The molecule has 0 unspecified atom stereocenters. The molecule has 1 aromatic carbocycles. The summed E-state index contributed by atoms with van der Waals surface area (Å²) in [6, 6.07) is 11.8. The molecule has 0 saturated carbocycles. The van der Waals surface area contributed by atoms with Crippen molar-refractivity contribution < 1.29 is 9.21 Å². The highest BCUT2D eigenvalue weighted by Crippen LogP contribution is 2.13. The van der Waals surface area contributed by atoms with Gasteiger partial charge in [-0.05, 0) is 35.9 Å². The van der Waals surface area contributed by atoms with E-state index in [1.54, 1.807) is 30.4 Å². The smallest absolute Gasteiger partial charge is 0.246 e. The van der Waals surface area contributed by atoms with Gasteiger partial charge < -0.3 is 14.2 Å². The minimum Gasteiger partial charge on any atom is -0.465 e. The molecule has 0 radical (unpaired) electrons. The van der Waals surface area contributed by atoms with Crippen molar-refractivity contribution in [1.82, 2.24) is 4.90 Å². The quantitative estimate of drug-likeness (QED) is 0.792. The van der Waals surface area contributed by atoms with E-state index in [2.05, 4.69) is 0 Å². The number of anilines is 1. The van der Waals surface area contributed by atoms with Gasteiger partial charge >= 0.3 is 0 Å². The van der Waals surface area contributed by atoms with E-state index in [-0.39, 0.29) is 5.91 Å². The van der Waals surface area contributed by atoms with Crippen molar-refractivity contribution in [1.29, 1.82) is 0 Å². The van der Waals surface area contributed by atoms with Crippen LogP contribution >= 0.6 is 0 Å². The van der Waals surface area contributed by atoms with E-state index in [1.165, 1.54) is 6.08 Å². The van der Waals surface area contributed by atoms with Crippen LogP contribution in [0.4, 0.5) is 5.69 Å². The van der Waals surface area contributed by atoms with Crippen LogP contribution in [-0.4, -0.2) is 32.0 Å². The van der Waals surface area contributed by atoms with E-state index in [4.69, 9.17) is 4.42 Å². The summed E-state index contributed by atoms with van der Waals surface area (Å²) in [5, 5.41) is 0. The molecule has 2 aromatic rings. The van der Waals surface area contributed by atoms with Gasteiger partial charge in [0.2, 0.25) is 5.91 Å². The molecule has 0 atom stereocenters. The molecule has 21 heavy (non-hydrogen) atoms. The number of benzene rings is 1. The Balaban J connectivity index is 1.94. The van der Waals surface area contributed by atoms with Gasteiger partial charge in [0.1, 0.15) is 5.76 Å². The van der Waals surface area contributed by atoms with Crippen LogP contribution in [0, 0.1) is 0 Å². The lowest BCUT2D eigenvalue weighted by molar-refractivity contribution is -0.125. The highest BCUT2D eigenvalue weighted by atomic mass is 16.3. The van der Waals surface area contributed by atoms with Crippen molar-refractivity contribution >= 4 is 17.7 Å². The number of furan rings is 1. The highest BCUT2D eigenvalue weighted by Gasteiger charge is 2.06. The lowest BCUT2D eigenvalue weighted by atomic mass is 10.2. The number of rotatable bonds is 5. The topological polar surface area (TPSA) is 36.7 Å². The van der Waals surface area contributed by atoms with Crippen LogP contribution in [0.25, 0.3) is 6.08 Å². The third-order valence-electron chi connectivity index (χ3n) is 3.18. The fourth-order valence-corrected chi connectivity index (χ4v) is 1.92. The van der Waals surface area contributed by atoms with Gasteiger partial charge in [-0.25, -0.2) is 0 Å². The summed E-state index contributed by atoms with van der Waals surface area (Å²) in [7, 11) is 5.79. The fraction of sp³-hybridized carbons (Fsp3) is 0.235. The second-order valence-corrected chi connectivity index (χ2v) is 5.10. The average molecular weight is 284 g/mol. The lowest BCUT2D eigenvalue weighted by Gasteiger charge is -2.17. The van der Waals surface area contributed by atoms with Crippen LogP contribution in [0.15, 0.2) is 53.2 Å². The SMILES string of the molecule is CN(Cc1ccc(N(C)C)cc1)C(=O)/C=C/c1ccco1. The number of nitrogens with zero attached hydrogens (tertiary/aromatic N) is 2. The van der Waals surface area contributed by atoms with Gasteiger partial charge in [-0.2, -0.15) is 0 Å². The first-order valence-electron chi connectivity index (χ1n) is 6.79. The van der Waals surface area contributed by atoms with Crippen molar-refractivity contribution in [3.8, 4) is 0 Å². The average Bonchev–Trinajstić information content (AvgIpc) is 2.98. The molecule has 0 aliphatic carbocycles. The second kappa shape index (κ2) is 6.79. The van der Waals surface area contributed by atoms with E-state index < -0.39 is 0 Å². The molecule has 1 heterocycles. The van der Waals surface area contributed by atoms with Crippen LogP contribution in [-0.2, 0) is 11.3 Å². The Hall–Kier alpha value is -2.49. The zero-order valence-electron chi connectivity index (χ0n) is 12.6. The molecule has 0 bridgehead atoms. The fourth-order valence-electron chi connectivity index (χ4n) is 1.92. The Morgan fingerprint density at radius 1 is 1.14 bits per heavy atom. The largest absolute Gasteiger partial charge is 0.465 e. The van der Waals surface area contributed by atoms with Gasteiger partial charge in [0.05, 0.1) is 6.26 Å². The third-order valence-corrected chi connectivity index (χ3v) is 3.18. The number of carbonyl (C=O) groups is 1. The molecule has 1 amide bonds. The van der Waals surface area contributed by atoms with Crippen LogP contribution < -0.4 is 4.90 Å². The first-order chi connectivity index (χ1) is 10.1. The van der Waals surface area contributed by atoms with Crippen molar-refractivity contribution in [3.63, 3.8) is 0 Å². The highest BCUT2D eigenvalue weighted by molar-refractivity contribution is 5.91. The maximum Gasteiger partial charge on any atom is 0.246 e. The molecule has 0 aliphatic heterocycles. The number of hydrogen-bond donors (Lipinski definition) is 0. The normalized spacial score (nSPS) is 10.8. The molecule has 4 heteroatoms. The molecule has 0 N–H and O–H groups in total. The molecule has 0 fully saturated rings. The lowest BCUT2D eigenvalue weighted by Crippen LogP contribution is -2.24. The molecule has 0 saturated heterocycles. The summed E-state index contributed by atoms with van der Waals surface area (Å²) >= 11 is 0. The Morgan fingerprint density at radius 3 is 2.43 bits per heavy atom. The molecular formula is C17H20N2O2. The predicted octanol–water partition coefficient (Wildman–Crippen LogP) is 3.02. The third kappa shape index (κ3) is 4.24. The Labute approximate surface area is 125 Å². The number of likely N-dealkylation sites (N-methyl/N-ethyl adjacent to an activating group) is 1. The van der Waals surface area contributed by atoms with Gasteiger partial charge in [0.15, 0.2) is 0 Å². The van der Waals surface area contributed by atoms with Gasteiger partial charge in [-0.1, -0.05) is 12.1 Å². The first kappa shape index (κ1) is 14.9. The summed E-state index contributed by atoms with van der Waals surface area (Å²) in [6.45, 7) is 0.578. The van der Waals surface area contributed by atoms with E-state index in [1.807, 2.05) is 49.3 Å². The number of amides is 1. The van der Waals surface area contributed by atoms with Crippen LogP contribution in [0.5, 0.6) is 0 Å². The van der Waals surface area contributed by atoms with E-state index in [0.717, 1.165) is 11.3 Å². The second-order valence-electron chi connectivity index (χ2n) is 5.10. The molecular weight excluding hydrogens is 264 g/mol.